The molecule has 0 radical (unpaired) electrons. The van der Waals surface area contributed by atoms with E-state index in [4.69, 9.17) is 4.74 Å². The van der Waals surface area contributed by atoms with Gasteiger partial charge in [-0.1, -0.05) is 0 Å². The van der Waals surface area contributed by atoms with Crippen molar-refractivity contribution in [3.8, 4) is 5.75 Å². The van der Waals surface area contributed by atoms with Crippen LogP contribution in [0.5, 0.6) is 5.75 Å². The first kappa shape index (κ1) is 15.0. The summed E-state index contributed by atoms with van der Waals surface area (Å²) < 4.78 is 28.1. The lowest BCUT2D eigenvalue weighted by Crippen LogP contribution is -2.12. The van der Waals surface area contributed by atoms with E-state index in [1.165, 1.54) is 0 Å². The van der Waals surface area contributed by atoms with E-state index in [-0.39, 0.29) is 23.2 Å². The highest BCUT2D eigenvalue weighted by Crippen LogP contribution is 2.27. The number of Topliss-reactive ketones (excluding diaryl/α,β-unsaturated/α-hetero) is 1. The predicted molar refractivity (Wildman–Crippen MR) is 78.2 cm³/mol. The van der Waals surface area contributed by atoms with E-state index in [1.807, 2.05) is 26.0 Å². The molecule has 0 saturated carbocycles. The molecule has 20 heavy (non-hydrogen) atoms. The molecule has 0 amide bonds. The Morgan fingerprint density at radius 1 is 1.30 bits per heavy atom. The van der Waals surface area contributed by atoms with Crippen molar-refractivity contribution in [1.82, 2.24) is 0 Å². The van der Waals surface area contributed by atoms with Crippen molar-refractivity contribution in [2.75, 3.05) is 18.6 Å². The zero-order chi connectivity index (χ0) is 14.9. The molecule has 1 aromatic rings. The monoisotopic (exact) mass is 296 g/mol. The van der Waals surface area contributed by atoms with Gasteiger partial charge in [0.2, 0.25) is 0 Å². The van der Waals surface area contributed by atoms with Crippen LogP contribution in [-0.2, 0) is 9.84 Å². The third-order valence-electron chi connectivity index (χ3n) is 3.84. The molecule has 0 aromatic heterocycles. The molecule has 1 aromatic carbocycles. The minimum atomic E-state index is -2.92. The maximum absolute atomic E-state index is 12.3. The van der Waals surface area contributed by atoms with E-state index in [0.29, 0.717) is 18.4 Å². The van der Waals surface area contributed by atoms with Gasteiger partial charge >= 0.3 is 0 Å². The van der Waals surface area contributed by atoms with E-state index in [2.05, 4.69) is 0 Å². The Bertz CT molecular complexity index is 632. The molecule has 1 fully saturated rings. The zero-order valence-electron chi connectivity index (χ0n) is 12.1. The van der Waals surface area contributed by atoms with Gasteiger partial charge < -0.3 is 4.74 Å². The van der Waals surface area contributed by atoms with Gasteiger partial charge in [0.05, 0.1) is 18.6 Å². The van der Waals surface area contributed by atoms with Crippen molar-refractivity contribution < 1.29 is 17.9 Å². The second-order valence-electron chi connectivity index (χ2n) is 5.53. The predicted octanol–water partition coefficient (Wildman–Crippen LogP) is 2.32. The van der Waals surface area contributed by atoms with Gasteiger partial charge in [-0.25, -0.2) is 8.42 Å². The van der Waals surface area contributed by atoms with Crippen LogP contribution in [0, 0.1) is 19.8 Å². The number of carbonyl (C=O) groups excluding carboxylic acids is 1. The van der Waals surface area contributed by atoms with Crippen molar-refractivity contribution in [1.29, 1.82) is 0 Å². The van der Waals surface area contributed by atoms with Gasteiger partial charge in [0, 0.05) is 12.0 Å². The molecule has 4 nitrogen and oxygen atoms in total. The summed E-state index contributed by atoms with van der Waals surface area (Å²) >= 11 is 0. The lowest BCUT2D eigenvalue weighted by Gasteiger charge is -2.12. The number of benzene rings is 1. The largest absolute Gasteiger partial charge is 0.496 e. The minimum absolute atomic E-state index is 0.0235. The summed E-state index contributed by atoms with van der Waals surface area (Å²) in [5, 5.41) is 0. The number of methoxy groups -OCH3 is 1. The lowest BCUT2D eigenvalue weighted by atomic mass is 9.94. The average Bonchev–Trinajstić information content (AvgIpc) is 2.70. The molecular formula is C15H20O4S. The molecule has 2 rings (SSSR count). The number of hydrogen-bond acceptors (Lipinski definition) is 4. The number of hydrogen-bond donors (Lipinski definition) is 0. The summed E-state index contributed by atoms with van der Waals surface area (Å²) in [5.41, 5.74) is 2.46. The normalized spacial score (nSPS) is 20.9. The molecule has 1 unspecified atom stereocenters. The van der Waals surface area contributed by atoms with E-state index in [1.54, 1.807) is 7.11 Å². The van der Waals surface area contributed by atoms with Crippen molar-refractivity contribution in [3.63, 3.8) is 0 Å². The number of aryl methyl sites for hydroxylation is 2. The van der Waals surface area contributed by atoms with Crippen molar-refractivity contribution in [2.24, 2.45) is 5.92 Å². The van der Waals surface area contributed by atoms with E-state index >= 15 is 0 Å². The van der Waals surface area contributed by atoms with Gasteiger partial charge in [0.1, 0.15) is 5.75 Å². The van der Waals surface area contributed by atoms with Gasteiger partial charge in [0.15, 0.2) is 15.6 Å². The fourth-order valence-electron chi connectivity index (χ4n) is 2.72. The summed E-state index contributed by atoms with van der Waals surface area (Å²) in [6.07, 6.45) is 0.911. The number of rotatable bonds is 4. The van der Waals surface area contributed by atoms with Crippen LogP contribution >= 0.6 is 0 Å². The summed E-state index contributed by atoms with van der Waals surface area (Å²) in [6.45, 7) is 3.77. The lowest BCUT2D eigenvalue weighted by molar-refractivity contribution is 0.0965. The SMILES string of the molecule is COc1cc(C)c(C(=O)CC2CCS(=O)(=O)C2)cc1C. The Morgan fingerprint density at radius 3 is 2.55 bits per heavy atom. The number of ketones is 1. The molecule has 0 bridgehead atoms. The molecular weight excluding hydrogens is 276 g/mol. The fraction of sp³-hybridized carbons (Fsp3) is 0.533. The Balaban J connectivity index is 2.16. The molecule has 1 atom stereocenters. The van der Waals surface area contributed by atoms with Crippen molar-refractivity contribution in [2.45, 2.75) is 26.7 Å². The van der Waals surface area contributed by atoms with E-state index in [0.717, 1.165) is 16.9 Å². The third-order valence-corrected chi connectivity index (χ3v) is 5.68. The molecule has 0 aliphatic carbocycles. The Labute approximate surface area is 120 Å². The van der Waals surface area contributed by atoms with Gasteiger partial charge in [0.25, 0.3) is 0 Å². The zero-order valence-corrected chi connectivity index (χ0v) is 12.9. The highest BCUT2D eigenvalue weighted by Gasteiger charge is 2.30. The van der Waals surface area contributed by atoms with Crippen LogP contribution in [0.2, 0.25) is 0 Å². The van der Waals surface area contributed by atoms with Crippen molar-refractivity contribution >= 4 is 15.6 Å². The highest BCUT2D eigenvalue weighted by molar-refractivity contribution is 7.91. The minimum Gasteiger partial charge on any atom is -0.496 e. The van der Waals surface area contributed by atoms with Crippen LogP contribution < -0.4 is 4.74 Å². The quantitative estimate of drug-likeness (QED) is 0.800. The summed E-state index contributed by atoms with van der Waals surface area (Å²) in [7, 11) is -1.32. The van der Waals surface area contributed by atoms with Gasteiger partial charge in [-0.05, 0) is 49.4 Å². The third kappa shape index (κ3) is 3.20. The topological polar surface area (TPSA) is 60.4 Å². The average molecular weight is 296 g/mol. The van der Waals surface area contributed by atoms with Gasteiger partial charge in [-0.3, -0.25) is 4.79 Å². The molecule has 0 N–H and O–H groups in total. The number of carbonyl (C=O) groups is 1. The van der Waals surface area contributed by atoms with E-state index in [9.17, 15) is 13.2 Å². The second kappa shape index (κ2) is 5.56. The van der Waals surface area contributed by atoms with Gasteiger partial charge in [-0.15, -0.1) is 0 Å². The number of ether oxygens (including phenoxy) is 1. The molecule has 1 saturated heterocycles. The molecule has 1 heterocycles. The maximum atomic E-state index is 12.3. The second-order valence-corrected chi connectivity index (χ2v) is 7.76. The summed E-state index contributed by atoms with van der Waals surface area (Å²) in [5.74, 6) is 1.12. The van der Waals surface area contributed by atoms with Crippen LogP contribution in [0.3, 0.4) is 0 Å². The standard InChI is InChI=1S/C15H20O4S/c1-10-7-15(19-3)11(2)6-13(10)14(16)8-12-4-5-20(17,18)9-12/h6-7,12H,4-5,8-9H2,1-3H3. The maximum Gasteiger partial charge on any atom is 0.163 e. The Kier molecular flexibility index (Phi) is 4.18. The van der Waals surface area contributed by atoms with Crippen molar-refractivity contribution in [3.05, 3.63) is 28.8 Å². The van der Waals surface area contributed by atoms with Crippen LogP contribution in [0.15, 0.2) is 12.1 Å². The Hall–Kier alpha value is -1.36. The number of sulfone groups is 1. The molecule has 110 valence electrons. The van der Waals surface area contributed by atoms with E-state index < -0.39 is 9.84 Å². The van der Waals surface area contributed by atoms with Crippen LogP contribution in [0.25, 0.3) is 0 Å². The summed E-state index contributed by atoms with van der Waals surface area (Å²) in [6, 6.07) is 3.69. The highest BCUT2D eigenvalue weighted by atomic mass is 32.2. The smallest absolute Gasteiger partial charge is 0.163 e. The Morgan fingerprint density at radius 2 is 2.00 bits per heavy atom. The van der Waals surface area contributed by atoms with Crippen LogP contribution in [-0.4, -0.2) is 32.8 Å². The summed E-state index contributed by atoms with van der Waals surface area (Å²) in [4.78, 5) is 12.3. The first-order chi connectivity index (χ1) is 9.32. The fourth-order valence-corrected chi connectivity index (χ4v) is 4.58. The van der Waals surface area contributed by atoms with Crippen LogP contribution in [0.1, 0.15) is 34.3 Å². The first-order valence-electron chi connectivity index (χ1n) is 6.71. The molecule has 0 spiro atoms. The molecule has 5 heteroatoms. The molecule has 1 aliphatic rings. The van der Waals surface area contributed by atoms with Gasteiger partial charge in [-0.2, -0.15) is 0 Å². The van der Waals surface area contributed by atoms with Crippen LogP contribution in [0.4, 0.5) is 0 Å². The first-order valence-corrected chi connectivity index (χ1v) is 8.53. The molecule has 1 aliphatic heterocycles.